The third-order valence-corrected chi connectivity index (χ3v) is 3.74. The molecule has 0 saturated carbocycles. The van der Waals surface area contributed by atoms with Crippen LogP contribution in [0.1, 0.15) is 11.1 Å². The molecule has 0 unspecified atom stereocenters. The maximum absolute atomic E-state index is 13.1. The summed E-state index contributed by atoms with van der Waals surface area (Å²) in [6, 6.07) is 10.2. The molecule has 2 aromatic rings. The van der Waals surface area contributed by atoms with E-state index < -0.39 is 0 Å². The molecule has 0 bridgehead atoms. The van der Waals surface area contributed by atoms with E-state index in [1.165, 1.54) is 12.1 Å². The Hall–Kier alpha value is -0.910. The summed E-state index contributed by atoms with van der Waals surface area (Å²) in [5.74, 6) is 0.416. The average molecular weight is 389 g/mol. The number of benzene rings is 2. The first-order valence-electron chi connectivity index (χ1n) is 5.65. The van der Waals surface area contributed by atoms with Crippen LogP contribution < -0.4 is 10.5 Å². The Kier molecular flexibility index (Phi) is 4.96. The number of halogens is 3. The molecule has 0 aliphatic carbocycles. The first kappa shape index (κ1) is 14.5. The van der Waals surface area contributed by atoms with Crippen molar-refractivity contribution in [2.75, 3.05) is 0 Å². The van der Waals surface area contributed by atoms with Crippen LogP contribution in [-0.4, -0.2) is 0 Å². The molecule has 0 aliphatic rings. The predicted molar refractivity (Wildman–Crippen MR) is 80.5 cm³/mol. The summed E-state index contributed by atoms with van der Waals surface area (Å²) < 4.78 is 20.4. The molecule has 2 N–H and O–H groups in total. The lowest BCUT2D eigenvalue weighted by molar-refractivity contribution is 0.301. The second-order valence-corrected chi connectivity index (χ2v) is 5.72. The zero-order valence-electron chi connectivity index (χ0n) is 10.00. The summed E-state index contributed by atoms with van der Waals surface area (Å²) in [4.78, 5) is 0. The van der Waals surface area contributed by atoms with E-state index in [4.69, 9.17) is 10.5 Å². The normalized spacial score (nSPS) is 10.5. The molecule has 0 saturated heterocycles. The molecule has 2 rings (SSSR count). The highest BCUT2D eigenvalue weighted by atomic mass is 79.9. The van der Waals surface area contributed by atoms with Crippen molar-refractivity contribution >= 4 is 31.9 Å². The lowest BCUT2D eigenvalue weighted by atomic mass is 10.2. The maximum Gasteiger partial charge on any atom is 0.148 e. The Bertz CT molecular complexity index is 566. The van der Waals surface area contributed by atoms with Crippen LogP contribution >= 0.6 is 31.9 Å². The van der Waals surface area contributed by atoms with E-state index in [0.717, 1.165) is 20.1 Å². The zero-order chi connectivity index (χ0) is 13.8. The van der Waals surface area contributed by atoms with Gasteiger partial charge in [-0.2, -0.15) is 0 Å². The first-order chi connectivity index (χ1) is 9.10. The number of hydrogen-bond acceptors (Lipinski definition) is 2. The van der Waals surface area contributed by atoms with Crippen molar-refractivity contribution in [3.63, 3.8) is 0 Å². The van der Waals surface area contributed by atoms with Gasteiger partial charge in [0.05, 0.1) is 8.95 Å². The monoisotopic (exact) mass is 387 g/mol. The predicted octanol–water partition coefficient (Wildman–Crippen LogP) is 4.39. The van der Waals surface area contributed by atoms with Crippen molar-refractivity contribution in [2.24, 2.45) is 5.73 Å². The molecule has 0 amide bonds. The van der Waals surface area contributed by atoms with Crippen molar-refractivity contribution in [1.29, 1.82) is 0 Å². The molecular weight excluding hydrogens is 377 g/mol. The van der Waals surface area contributed by atoms with E-state index in [9.17, 15) is 4.39 Å². The first-order valence-corrected chi connectivity index (χ1v) is 7.24. The van der Waals surface area contributed by atoms with Crippen molar-refractivity contribution in [2.45, 2.75) is 13.2 Å². The van der Waals surface area contributed by atoms with Gasteiger partial charge in [0.1, 0.15) is 18.2 Å². The van der Waals surface area contributed by atoms with Crippen LogP contribution in [0.25, 0.3) is 0 Å². The second kappa shape index (κ2) is 6.50. The van der Waals surface area contributed by atoms with Crippen LogP contribution in [0, 0.1) is 5.82 Å². The van der Waals surface area contributed by atoms with Gasteiger partial charge in [-0.05, 0) is 67.3 Å². The van der Waals surface area contributed by atoms with Gasteiger partial charge in [0.15, 0.2) is 0 Å². The minimum Gasteiger partial charge on any atom is -0.487 e. The van der Waals surface area contributed by atoms with Gasteiger partial charge in [-0.25, -0.2) is 4.39 Å². The van der Waals surface area contributed by atoms with Crippen molar-refractivity contribution < 1.29 is 9.13 Å². The average Bonchev–Trinajstić information content (AvgIpc) is 2.37. The van der Waals surface area contributed by atoms with Crippen molar-refractivity contribution in [3.05, 3.63) is 62.3 Å². The summed E-state index contributed by atoms with van der Waals surface area (Å²) >= 11 is 6.88. The summed E-state index contributed by atoms with van der Waals surface area (Å²) in [7, 11) is 0. The molecule has 2 aromatic carbocycles. The highest BCUT2D eigenvalue weighted by Crippen LogP contribution is 2.35. The molecule has 0 radical (unpaired) electrons. The Morgan fingerprint density at radius 2 is 1.74 bits per heavy atom. The van der Waals surface area contributed by atoms with Gasteiger partial charge >= 0.3 is 0 Å². The topological polar surface area (TPSA) is 35.2 Å². The lowest BCUT2D eigenvalue weighted by Crippen LogP contribution is -2.00. The van der Waals surface area contributed by atoms with E-state index in [2.05, 4.69) is 31.9 Å². The fourth-order valence-corrected chi connectivity index (χ4v) is 3.16. The summed E-state index contributed by atoms with van der Waals surface area (Å²) in [5.41, 5.74) is 7.37. The fraction of sp³-hybridized carbons (Fsp3) is 0.143. The molecule has 0 fully saturated rings. The Morgan fingerprint density at radius 3 is 2.32 bits per heavy atom. The summed E-state index contributed by atoms with van der Waals surface area (Å²) in [6.07, 6.45) is 0. The molecule has 100 valence electrons. The Labute approximate surface area is 128 Å². The lowest BCUT2D eigenvalue weighted by Gasteiger charge is -2.12. The fourth-order valence-electron chi connectivity index (χ4n) is 1.65. The van der Waals surface area contributed by atoms with Crippen LogP contribution in [0.2, 0.25) is 0 Å². The highest BCUT2D eigenvalue weighted by molar-refractivity contribution is 9.11. The van der Waals surface area contributed by atoms with Crippen LogP contribution in [0.5, 0.6) is 5.75 Å². The molecule has 5 heteroatoms. The third-order valence-electron chi connectivity index (χ3n) is 2.57. The van der Waals surface area contributed by atoms with E-state index >= 15 is 0 Å². The number of nitrogens with two attached hydrogens (primary N) is 1. The van der Waals surface area contributed by atoms with Crippen LogP contribution in [-0.2, 0) is 13.2 Å². The Morgan fingerprint density at radius 1 is 1.05 bits per heavy atom. The number of hydrogen-bond donors (Lipinski definition) is 1. The second-order valence-electron chi connectivity index (χ2n) is 4.01. The van der Waals surface area contributed by atoms with Gasteiger partial charge in [-0.15, -0.1) is 0 Å². The van der Waals surface area contributed by atoms with Crippen LogP contribution in [0.4, 0.5) is 4.39 Å². The maximum atomic E-state index is 13.1. The molecule has 0 heterocycles. The van der Waals surface area contributed by atoms with Gasteiger partial charge in [-0.1, -0.05) is 12.1 Å². The van der Waals surface area contributed by atoms with Crippen molar-refractivity contribution in [3.8, 4) is 5.75 Å². The zero-order valence-corrected chi connectivity index (χ0v) is 13.2. The van der Waals surface area contributed by atoms with E-state index in [0.29, 0.717) is 18.9 Å². The minimum absolute atomic E-state index is 0.266. The van der Waals surface area contributed by atoms with Crippen LogP contribution in [0.3, 0.4) is 0 Å². The standard InChI is InChI=1S/C14H12Br2FNO/c15-12-5-10(7-18)6-13(16)14(12)19-8-9-2-1-3-11(17)4-9/h1-6H,7-8,18H2. The molecule has 19 heavy (non-hydrogen) atoms. The molecule has 0 spiro atoms. The summed E-state index contributed by atoms with van der Waals surface area (Å²) in [5, 5.41) is 0. The van der Waals surface area contributed by atoms with E-state index in [1.54, 1.807) is 6.07 Å². The molecule has 0 aliphatic heterocycles. The molecule has 2 nitrogen and oxygen atoms in total. The molecular formula is C14H12Br2FNO. The van der Waals surface area contributed by atoms with Crippen LogP contribution in [0.15, 0.2) is 45.3 Å². The van der Waals surface area contributed by atoms with Gasteiger partial charge in [0.2, 0.25) is 0 Å². The largest absolute Gasteiger partial charge is 0.487 e. The van der Waals surface area contributed by atoms with Gasteiger partial charge in [0.25, 0.3) is 0 Å². The van der Waals surface area contributed by atoms with Gasteiger partial charge in [-0.3, -0.25) is 0 Å². The van der Waals surface area contributed by atoms with Gasteiger partial charge in [0, 0.05) is 6.54 Å². The minimum atomic E-state index is -0.266. The highest BCUT2D eigenvalue weighted by Gasteiger charge is 2.09. The third kappa shape index (κ3) is 3.78. The number of rotatable bonds is 4. The Balaban J connectivity index is 2.16. The quantitative estimate of drug-likeness (QED) is 0.842. The van der Waals surface area contributed by atoms with Crippen molar-refractivity contribution in [1.82, 2.24) is 0 Å². The summed E-state index contributed by atoms with van der Waals surface area (Å²) in [6.45, 7) is 0.762. The molecule has 0 atom stereocenters. The SMILES string of the molecule is NCc1cc(Br)c(OCc2cccc(F)c2)c(Br)c1. The number of ether oxygens (including phenoxy) is 1. The molecule has 0 aromatic heterocycles. The van der Waals surface area contributed by atoms with E-state index in [-0.39, 0.29) is 5.82 Å². The smallest absolute Gasteiger partial charge is 0.148 e. The van der Waals surface area contributed by atoms with E-state index in [1.807, 2.05) is 18.2 Å². The van der Waals surface area contributed by atoms with Gasteiger partial charge < -0.3 is 10.5 Å².